The van der Waals surface area contributed by atoms with Crippen LogP contribution in [0.25, 0.3) is 17.1 Å². The van der Waals surface area contributed by atoms with Crippen LogP contribution in [0.3, 0.4) is 0 Å². The third-order valence-electron chi connectivity index (χ3n) is 6.68. The molecule has 3 aromatic carbocycles. The maximum absolute atomic E-state index is 15.1. The molecule has 0 radical (unpaired) electrons. The Bertz CT molecular complexity index is 1690. The van der Waals surface area contributed by atoms with Gasteiger partial charge in [-0.1, -0.05) is 37.2 Å². The first-order valence-corrected chi connectivity index (χ1v) is 14.9. The van der Waals surface area contributed by atoms with E-state index in [1.807, 2.05) is 25.1 Å². The maximum Gasteiger partial charge on any atom is 0.347 e. The van der Waals surface area contributed by atoms with Crippen LogP contribution in [-0.4, -0.2) is 50.7 Å². The summed E-state index contributed by atoms with van der Waals surface area (Å²) in [6.45, 7) is 3.33. The van der Waals surface area contributed by atoms with Gasteiger partial charge in [-0.2, -0.15) is 4.99 Å². The van der Waals surface area contributed by atoms with Crippen molar-refractivity contribution in [3.8, 4) is 22.8 Å². The number of unbranched alkanes of at least 4 members (excludes halogenated alkanes) is 1. The number of urea groups is 1. The molecule has 1 N–H and O–H groups in total. The SMILES string of the molecule is CCCCc1ccc(C)cc1N1C(=O)CS/C1=N\C(=O)Nc1ccc(-c2ncn(-c3ccc(OCC(F)F)cc3)n2)cc1F. The first-order valence-electron chi connectivity index (χ1n) is 13.9. The highest BCUT2D eigenvalue weighted by Gasteiger charge is 2.32. The van der Waals surface area contributed by atoms with Gasteiger partial charge in [0.2, 0.25) is 5.91 Å². The van der Waals surface area contributed by atoms with Crippen molar-refractivity contribution >= 4 is 40.2 Å². The van der Waals surface area contributed by atoms with E-state index in [1.54, 1.807) is 18.2 Å². The second kappa shape index (κ2) is 13.8. The third-order valence-corrected chi connectivity index (χ3v) is 7.61. The average molecular weight is 623 g/mol. The summed E-state index contributed by atoms with van der Waals surface area (Å²) in [6, 6.07) is 15.5. The second-order valence-corrected chi connectivity index (χ2v) is 10.9. The van der Waals surface area contributed by atoms with Crippen LogP contribution < -0.4 is 15.0 Å². The molecule has 1 aliphatic heterocycles. The molecule has 1 fully saturated rings. The summed E-state index contributed by atoms with van der Waals surface area (Å²) in [5, 5.41) is 7.05. The number of halogens is 3. The quantitative estimate of drug-likeness (QED) is 0.204. The number of benzene rings is 3. The molecule has 0 aliphatic carbocycles. The van der Waals surface area contributed by atoms with Gasteiger partial charge in [0, 0.05) is 5.56 Å². The monoisotopic (exact) mass is 622 g/mol. The molecule has 1 aliphatic rings. The number of hydrogen-bond acceptors (Lipinski definition) is 6. The van der Waals surface area contributed by atoms with Crippen molar-refractivity contribution in [3.63, 3.8) is 0 Å². The zero-order valence-electron chi connectivity index (χ0n) is 24.0. The number of rotatable bonds is 10. The molecule has 4 aromatic rings. The van der Waals surface area contributed by atoms with Crippen molar-refractivity contribution < 1.29 is 27.5 Å². The fraction of sp³-hybridized carbons (Fsp3) is 0.258. The number of aromatic nitrogens is 3. The van der Waals surface area contributed by atoms with Crippen LogP contribution in [0, 0.1) is 12.7 Å². The lowest BCUT2D eigenvalue weighted by atomic mass is 10.0. The summed E-state index contributed by atoms with van der Waals surface area (Å²) >= 11 is 1.16. The molecular formula is C31H29F3N6O3S. The largest absolute Gasteiger partial charge is 0.488 e. The van der Waals surface area contributed by atoms with Crippen molar-refractivity contribution in [2.75, 3.05) is 22.6 Å². The van der Waals surface area contributed by atoms with E-state index in [0.717, 1.165) is 42.2 Å². The highest BCUT2D eigenvalue weighted by molar-refractivity contribution is 8.15. The van der Waals surface area contributed by atoms with Gasteiger partial charge in [-0.05, 0) is 79.4 Å². The van der Waals surface area contributed by atoms with E-state index in [1.165, 1.54) is 40.2 Å². The van der Waals surface area contributed by atoms with E-state index < -0.39 is 24.9 Å². The molecule has 2 heterocycles. The van der Waals surface area contributed by atoms with Gasteiger partial charge in [0.05, 0.1) is 22.8 Å². The fourth-order valence-corrected chi connectivity index (χ4v) is 5.36. The van der Waals surface area contributed by atoms with Gasteiger partial charge in [-0.15, -0.1) is 5.10 Å². The molecule has 1 aromatic heterocycles. The number of carbonyl (C=O) groups excluding carboxylic acids is 2. The van der Waals surface area contributed by atoms with Gasteiger partial charge in [0.1, 0.15) is 24.5 Å². The van der Waals surface area contributed by atoms with Gasteiger partial charge in [-0.25, -0.2) is 27.6 Å². The molecule has 228 valence electrons. The van der Waals surface area contributed by atoms with Crippen LogP contribution in [-0.2, 0) is 11.2 Å². The third kappa shape index (κ3) is 7.28. The number of anilines is 2. The molecule has 0 bridgehead atoms. The molecule has 0 atom stereocenters. The number of aryl methyl sites for hydroxylation is 2. The van der Waals surface area contributed by atoms with Crippen LogP contribution in [0.1, 0.15) is 30.9 Å². The molecule has 9 nitrogen and oxygen atoms in total. The first kappa shape index (κ1) is 30.8. The molecular weight excluding hydrogens is 593 g/mol. The van der Waals surface area contributed by atoms with Crippen molar-refractivity contribution in [2.24, 2.45) is 4.99 Å². The highest BCUT2D eigenvalue weighted by Crippen LogP contribution is 2.32. The minimum Gasteiger partial charge on any atom is -0.488 e. The number of aliphatic imine (C=N–C) groups is 1. The summed E-state index contributed by atoms with van der Waals surface area (Å²) in [5.74, 6) is -0.235. The van der Waals surface area contributed by atoms with E-state index in [4.69, 9.17) is 4.74 Å². The number of alkyl halides is 2. The summed E-state index contributed by atoms with van der Waals surface area (Å²) in [5.41, 5.74) is 3.54. The Kier molecular flexibility index (Phi) is 9.63. The topological polar surface area (TPSA) is 102 Å². The average Bonchev–Trinajstić information content (AvgIpc) is 3.64. The number of carbonyl (C=O) groups is 2. The Labute approximate surface area is 256 Å². The molecule has 0 spiro atoms. The Morgan fingerprint density at radius 2 is 1.93 bits per heavy atom. The fourth-order valence-electron chi connectivity index (χ4n) is 4.50. The van der Waals surface area contributed by atoms with E-state index in [9.17, 15) is 18.4 Å². The van der Waals surface area contributed by atoms with Crippen LogP contribution >= 0.6 is 11.8 Å². The van der Waals surface area contributed by atoms with Crippen molar-refractivity contribution in [2.45, 2.75) is 39.5 Å². The Hall–Kier alpha value is -4.65. The lowest BCUT2D eigenvalue weighted by Gasteiger charge is -2.20. The molecule has 3 amide bonds. The van der Waals surface area contributed by atoms with E-state index in [2.05, 4.69) is 27.3 Å². The smallest absolute Gasteiger partial charge is 0.347 e. The number of thioether (sulfide) groups is 1. The summed E-state index contributed by atoms with van der Waals surface area (Å²) < 4.78 is 46.2. The number of ether oxygens (including phenoxy) is 1. The standard InChI is InChI=1S/C31H29F3N6O3S/c1-3-4-5-20-7-6-19(2)14-26(20)40-28(41)17-44-31(40)37-30(42)36-25-13-8-21(15-24(25)32)29-35-18-39(38-29)22-9-11-23(12-10-22)43-16-27(33)34/h6-15,18,27H,3-5,16-17H2,1-2H3,(H,36,42)/b37-31-. The summed E-state index contributed by atoms with van der Waals surface area (Å²) in [7, 11) is 0. The number of amides is 3. The van der Waals surface area contributed by atoms with Crippen LogP contribution in [0.5, 0.6) is 5.75 Å². The zero-order chi connectivity index (χ0) is 31.2. The number of nitrogens with one attached hydrogen (secondary N) is 1. The van der Waals surface area contributed by atoms with Gasteiger partial charge >= 0.3 is 6.03 Å². The molecule has 1 saturated heterocycles. The van der Waals surface area contributed by atoms with Crippen LogP contribution in [0.15, 0.2) is 72.0 Å². The van der Waals surface area contributed by atoms with Gasteiger partial charge in [0.15, 0.2) is 11.0 Å². The van der Waals surface area contributed by atoms with Gasteiger partial charge < -0.3 is 10.1 Å². The van der Waals surface area contributed by atoms with Gasteiger partial charge in [0.25, 0.3) is 6.43 Å². The van der Waals surface area contributed by atoms with Crippen LogP contribution in [0.2, 0.25) is 0 Å². The van der Waals surface area contributed by atoms with Crippen LogP contribution in [0.4, 0.5) is 29.3 Å². The minimum absolute atomic E-state index is 0.0954. The normalized spacial score (nSPS) is 14.1. The molecule has 0 saturated carbocycles. The Balaban J connectivity index is 1.29. The van der Waals surface area contributed by atoms with E-state index in [0.29, 0.717) is 16.9 Å². The molecule has 44 heavy (non-hydrogen) atoms. The zero-order valence-corrected chi connectivity index (χ0v) is 24.8. The van der Waals surface area contributed by atoms with E-state index >= 15 is 4.39 Å². The predicted octanol–water partition coefficient (Wildman–Crippen LogP) is 7.04. The molecule has 5 rings (SSSR count). The van der Waals surface area contributed by atoms with Crippen molar-refractivity contribution in [3.05, 3.63) is 83.9 Å². The second-order valence-electron chi connectivity index (χ2n) is 9.98. The number of hydrogen-bond donors (Lipinski definition) is 1. The van der Waals surface area contributed by atoms with Gasteiger partial charge in [-0.3, -0.25) is 9.69 Å². The predicted molar refractivity (Wildman–Crippen MR) is 164 cm³/mol. The number of amidine groups is 1. The first-order chi connectivity index (χ1) is 21.2. The van der Waals surface area contributed by atoms with Crippen molar-refractivity contribution in [1.82, 2.24) is 14.8 Å². The van der Waals surface area contributed by atoms with E-state index in [-0.39, 0.29) is 34.1 Å². The lowest BCUT2D eigenvalue weighted by molar-refractivity contribution is -0.115. The lowest BCUT2D eigenvalue weighted by Crippen LogP contribution is -2.31. The number of nitrogens with zero attached hydrogens (tertiary/aromatic N) is 5. The highest BCUT2D eigenvalue weighted by atomic mass is 32.2. The summed E-state index contributed by atoms with van der Waals surface area (Å²) in [6.07, 6.45) is 1.60. The Morgan fingerprint density at radius 3 is 2.66 bits per heavy atom. The summed E-state index contributed by atoms with van der Waals surface area (Å²) in [4.78, 5) is 35.5. The minimum atomic E-state index is -2.57. The van der Waals surface area contributed by atoms with Crippen molar-refractivity contribution in [1.29, 1.82) is 0 Å². The molecule has 13 heteroatoms. The maximum atomic E-state index is 15.1. The molecule has 0 unspecified atom stereocenters. The Morgan fingerprint density at radius 1 is 1.14 bits per heavy atom.